The SMILES string of the molecule is COc1ccc(Cl)c2c1[nH]c1nc(SCC(=O)Nc3sc4c(c3C#N)CCCC4)nnc12. The molecule has 8 nitrogen and oxygen atoms in total. The molecule has 0 bridgehead atoms. The van der Waals surface area contributed by atoms with Crippen molar-refractivity contribution >= 4 is 67.7 Å². The summed E-state index contributed by atoms with van der Waals surface area (Å²) in [5, 5.41) is 23.1. The van der Waals surface area contributed by atoms with Crippen LogP contribution in [0.2, 0.25) is 5.02 Å². The molecule has 0 saturated heterocycles. The van der Waals surface area contributed by atoms with Gasteiger partial charge in [-0.05, 0) is 43.4 Å². The Hall–Kier alpha value is -2.87. The first-order valence-electron chi connectivity index (χ1n) is 9.95. The third-order valence-electron chi connectivity index (χ3n) is 5.35. The second kappa shape index (κ2) is 8.58. The number of rotatable bonds is 5. The number of carbonyl (C=O) groups excluding carboxylic acids is 1. The number of benzene rings is 1. The fraction of sp³-hybridized carbons (Fsp3) is 0.286. The number of hydrogen-bond acceptors (Lipinski definition) is 8. The Morgan fingerprint density at radius 3 is 3.03 bits per heavy atom. The fourth-order valence-electron chi connectivity index (χ4n) is 3.90. The molecule has 32 heavy (non-hydrogen) atoms. The maximum atomic E-state index is 12.5. The van der Waals surface area contributed by atoms with Gasteiger partial charge < -0.3 is 15.0 Å². The minimum Gasteiger partial charge on any atom is -0.495 e. The van der Waals surface area contributed by atoms with Crippen molar-refractivity contribution in [3.63, 3.8) is 0 Å². The van der Waals surface area contributed by atoms with Crippen molar-refractivity contribution in [1.82, 2.24) is 20.2 Å². The van der Waals surface area contributed by atoms with Gasteiger partial charge in [0.15, 0.2) is 5.65 Å². The predicted octanol–water partition coefficient (Wildman–Crippen LogP) is 4.71. The van der Waals surface area contributed by atoms with Crippen LogP contribution in [0.15, 0.2) is 17.3 Å². The molecule has 0 unspecified atom stereocenters. The van der Waals surface area contributed by atoms with E-state index in [0.29, 0.717) is 48.6 Å². The number of ether oxygens (including phenoxy) is 1. The van der Waals surface area contributed by atoms with Gasteiger partial charge in [0.2, 0.25) is 11.1 Å². The van der Waals surface area contributed by atoms with E-state index in [1.54, 1.807) is 19.2 Å². The van der Waals surface area contributed by atoms with Crippen molar-refractivity contribution in [1.29, 1.82) is 5.26 Å². The van der Waals surface area contributed by atoms with E-state index >= 15 is 0 Å². The lowest BCUT2D eigenvalue weighted by molar-refractivity contribution is -0.113. The van der Waals surface area contributed by atoms with Crippen LogP contribution in [0.4, 0.5) is 5.00 Å². The first kappa shape index (κ1) is 21.0. The van der Waals surface area contributed by atoms with Crippen molar-refractivity contribution in [3.05, 3.63) is 33.2 Å². The summed E-state index contributed by atoms with van der Waals surface area (Å²) < 4.78 is 5.38. The first-order chi connectivity index (χ1) is 15.6. The molecule has 2 N–H and O–H groups in total. The Bertz CT molecular complexity index is 1410. The van der Waals surface area contributed by atoms with E-state index in [1.807, 2.05) is 0 Å². The zero-order valence-corrected chi connectivity index (χ0v) is 19.4. The molecule has 0 aliphatic heterocycles. The molecule has 11 heteroatoms. The maximum absolute atomic E-state index is 12.5. The van der Waals surface area contributed by atoms with Crippen molar-refractivity contribution < 1.29 is 9.53 Å². The molecule has 3 heterocycles. The molecule has 0 saturated carbocycles. The number of aromatic nitrogens is 4. The lowest BCUT2D eigenvalue weighted by Crippen LogP contribution is -2.14. The second-order valence-corrected chi connectivity index (χ2v) is 9.73. The van der Waals surface area contributed by atoms with Crippen LogP contribution in [0, 0.1) is 11.3 Å². The molecule has 0 fully saturated rings. The summed E-state index contributed by atoms with van der Waals surface area (Å²) in [6, 6.07) is 5.77. The van der Waals surface area contributed by atoms with Gasteiger partial charge >= 0.3 is 0 Å². The highest BCUT2D eigenvalue weighted by Gasteiger charge is 2.22. The Labute approximate surface area is 196 Å². The van der Waals surface area contributed by atoms with E-state index in [2.05, 4.69) is 31.6 Å². The summed E-state index contributed by atoms with van der Waals surface area (Å²) in [5.41, 5.74) is 3.45. The topological polar surface area (TPSA) is 117 Å². The molecule has 0 spiro atoms. The number of thioether (sulfide) groups is 1. The molecule has 0 atom stereocenters. The zero-order valence-electron chi connectivity index (χ0n) is 17.0. The second-order valence-electron chi connectivity index (χ2n) is 7.28. The predicted molar refractivity (Wildman–Crippen MR) is 126 cm³/mol. The van der Waals surface area contributed by atoms with E-state index in [9.17, 15) is 10.1 Å². The van der Waals surface area contributed by atoms with Crippen LogP contribution < -0.4 is 10.1 Å². The summed E-state index contributed by atoms with van der Waals surface area (Å²) in [5.74, 6) is 0.519. The fourth-order valence-corrected chi connectivity index (χ4v) is 5.98. The molecule has 1 aromatic carbocycles. The normalized spacial score (nSPS) is 13.2. The van der Waals surface area contributed by atoms with Crippen LogP contribution in [-0.4, -0.2) is 38.9 Å². The lowest BCUT2D eigenvalue weighted by atomic mass is 9.96. The van der Waals surface area contributed by atoms with Gasteiger partial charge in [-0.15, -0.1) is 21.5 Å². The van der Waals surface area contributed by atoms with E-state index in [-0.39, 0.29) is 11.7 Å². The number of thiophene rings is 1. The van der Waals surface area contributed by atoms with Crippen LogP contribution >= 0.6 is 34.7 Å². The number of fused-ring (bicyclic) bond motifs is 4. The van der Waals surface area contributed by atoms with Gasteiger partial charge in [-0.1, -0.05) is 23.4 Å². The molecule has 162 valence electrons. The van der Waals surface area contributed by atoms with Crippen LogP contribution in [-0.2, 0) is 17.6 Å². The average molecular weight is 485 g/mol. The van der Waals surface area contributed by atoms with Gasteiger partial charge in [0, 0.05) is 4.88 Å². The maximum Gasteiger partial charge on any atom is 0.235 e. The van der Waals surface area contributed by atoms with E-state index in [0.717, 1.165) is 31.2 Å². The number of carbonyl (C=O) groups is 1. The van der Waals surface area contributed by atoms with Crippen LogP contribution in [0.25, 0.3) is 22.1 Å². The monoisotopic (exact) mass is 484 g/mol. The molecule has 1 amide bonds. The Morgan fingerprint density at radius 1 is 1.38 bits per heavy atom. The summed E-state index contributed by atoms with van der Waals surface area (Å²) >= 11 is 9.02. The number of hydrogen-bond donors (Lipinski definition) is 2. The highest BCUT2D eigenvalue weighted by molar-refractivity contribution is 7.99. The smallest absolute Gasteiger partial charge is 0.235 e. The number of H-pyrrole nitrogens is 1. The molecular weight excluding hydrogens is 468 g/mol. The van der Waals surface area contributed by atoms with Gasteiger partial charge in [-0.25, -0.2) is 4.98 Å². The number of halogens is 1. The Morgan fingerprint density at radius 2 is 2.22 bits per heavy atom. The quantitative estimate of drug-likeness (QED) is 0.394. The van der Waals surface area contributed by atoms with Crippen LogP contribution in [0.1, 0.15) is 28.8 Å². The summed E-state index contributed by atoms with van der Waals surface area (Å²) in [4.78, 5) is 21.4. The van der Waals surface area contributed by atoms with Gasteiger partial charge in [-0.2, -0.15) is 5.26 Å². The van der Waals surface area contributed by atoms with Gasteiger partial charge in [0.1, 0.15) is 22.3 Å². The number of nitriles is 1. The van der Waals surface area contributed by atoms with Crippen LogP contribution in [0.5, 0.6) is 5.75 Å². The molecule has 0 radical (unpaired) electrons. The average Bonchev–Trinajstić information content (AvgIpc) is 3.35. The standard InChI is InChI=1S/C21H17ClN6O2S2/c1-30-13-7-6-12(22)16-17(13)25-19-18(16)27-28-21(26-19)31-9-15(29)24-20-11(8-23)10-4-2-3-5-14(10)32-20/h6-7H,2-5,9H2,1H3,(H,24,29)(H,25,26,28). The molecule has 1 aliphatic rings. The molecule has 3 aromatic heterocycles. The minimum absolute atomic E-state index is 0.102. The molecular formula is C21H17ClN6O2S2. The number of methoxy groups -OCH3 is 1. The van der Waals surface area contributed by atoms with Gasteiger partial charge in [-0.3, -0.25) is 4.79 Å². The number of aromatic amines is 1. The third-order valence-corrected chi connectivity index (χ3v) is 7.71. The summed E-state index contributed by atoms with van der Waals surface area (Å²) in [7, 11) is 1.58. The minimum atomic E-state index is -0.213. The number of aryl methyl sites for hydroxylation is 1. The summed E-state index contributed by atoms with van der Waals surface area (Å²) in [6.07, 6.45) is 4.08. The molecule has 4 aromatic rings. The number of amides is 1. The highest BCUT2D eigenvalue weighted by atomic mass is 35.5. The molecule has 1 aliphatic carbocycles. The highest BCUT2D eigenvalue weighted by Crippen LogP contribution is 2.38. The van der Waals surface area contributed by atoms with E-state index in [4.69, 9.17) is 16.3 Å². The largest absolute Gasteiger partial charge is 0.495 e. The summed E-state index contributed by atoms with van der Waals surface area (Å²) in [6.45, 7) is 0. The van der Waals surface area contributed by atoms with Crippen molar-refractivity contribution in [3.8, 4) is 11.8 Å². The Balaban J connectivity index is 1.34. The van der Waals surface area contributed by atoms with Gasteiger partial charge in [0.25, 0.3) is 0 Å². The van der Waals surface area contributed by atoms with Crippen LogP contribution in [0.3, 0.4) is 0 Å². The van der Waals surface area contributed by atoms with E-state index < -0.39 is 0 Å². The first-order valence-corrected chi connectivity index (χ1v) is 12.1. The number of nitrogens with zero attached hydrogens (tertiary/aromatic N) is 4. The number of nitrogens with one attached hydrogen (secondary N) is 2. The van der Waals surface area contributed by atoms with Crippen molar-refractivity contribution in [2.24, 2.45) is 0 Å². The zero-order chi connectivity index (χ0) is 22.2. The van der Waals surface area contributed by atoms with Crippen molar-refractivity contribution in [2.75, 3.05) is 18.2 Å². The van der Waals surface area contributed by atoms with Gasteiger partial charge in [0.05, 0.1) is 34.4 Å². The van der Waals surface area contributed by atoms with Crippen molar-refractivity contribution in [2.45, 2.75) is 30.8 Å². The lowest BCUT2D eigenvalue weighted by Gasteiger charge is -2.09. The Kier molecular flexibility index (Phi) is 5.63. The third kappa shape index (κ3) is 3.66. The molecule has 5 rings (SSSR count). The van der Waals surface area contributed by atoms with E-state index in [1.165, 1.54) is 28.0 Å². The number of anilines is 1.